The maximum atomic E-state index is 4.96. The molecule has 1 unspecified atom stereocenters. The van der Waals surface area contributed by atoms with Crippen LogP contribution >= 0.6 is 0 Å². The van der Waals surface area contributed by atoms with Gasteiger partial charge < -0.3 is 4.40 Å². The second kappa shape index (κ2) is 7.04. The average molecular weight is 366 g/mol. The Morgan fingerprint density at radius 3 is 2.82 bits per heavy atom. The van der Waals surface area contributed by atoms with Gasteiger partial charge in [-0.05, 0) is 55.2 Å². The van der Waals surface area contributed by atoms with Gasteiger partial charge in [-0.2, -0.15) is 0 Å². The number of aromatic nitrogens is 4. The molecule has 0 bridgehead atoms. The highest BCUT2D eigenvalue weighted by atomic mass is 15.0. The Bertz CT molecular complexity index is 1220. The minimum atomic E-state index is 0.450. The number of aryl methyl sites for hydroxylation is 2. The number of fused-ring (bicyclic) bond motifs is 4. The van der Waals surface area contributed by atoms with Crippen LogP contribution in [-0.4, -0.2) is 19.4 Å². The maximum absolute atomic E-state index is 4.96. The molecule has 0 saturated heterocycles. The average Bonchev–Trinajstić information content (AvgIpc) is 3.04. The minimum Gasteiger partial charge on any atom is -0.306 e. The first-order valence-corrected chi connectivity index (χ1v) is 9.88. The van der Waals surface area contributed by atoms with Crippen LogP contribution in [0.3, 0.4) is 0 Å². The van der Waals surface area contributed by atoms with E-state index in [2.05, 4.69) is 65.1 Å². The Balaban J connectivity index is 1.44. The molecule has 4 nitrogen and oxygen atoms in total. The molecule has 0 amide bonds. The molecule has 5 rings (SSSR count). The molecule has 4 heterocycles. The lowest BCUT2D eigenvalue weighted by Crippen LogP contribution is -1.99. The summed E-state index contributed by atoms with van der Waals surface area (Å²) in [6, 6.07) is 10.3. The van der Waals surface area contributed by atoms with E-state index < -0.39 is 0 Å². The zero-order valence-electron chi connectivity index (χ0n) is 15.9. The van der Waals surface area contributed by atoms with E-state index in [9.17, 15) is 0 Å². The van der Waals surface area contributed by atoms with Crippen molar-refractivity contribution in [3.63, 3.8) is 0 Å². The third kappa shape index (κ3) is 3.01. The van der Waals surface area contributed by atoms with Gasteiger partial charge in [0.05, 0.1) is 16.7 Å². The summed E-state index contributed by atoms with van der Waals surface area (Å²) in [4.78, 5) is 14.0. The van der Waals surface area contributed by atoms with Crippen LogP contribution in [0.25, 0.3) is 22.8 Å². The molecule has 28 heavy (non-hydrogen) atoms. The molecule has 1 atom stereocenters. The van der Waals surface area contributed by atoms with Crippen molar-refractivity contribution < 1.29 is 0 Å². The highest BCUT2D eigenvalue weighted by Crippen LogP contribution is 2.30. The van der Waals surface area contributed by atoms with Gasteiger partial charge in [0.1, 0.15) is 5.65 Å². The molecule has 1 aliphatic carbocycles. The van der Waals surface area contributed by atoms with Gasteiger partial charge in [-0.25, -0.2) is 4.98 Å². The largest absolute Gasteiger partial charge is 0.306 e. The van der Waals surface area contributed by atoms with Crippen molar-refractivity contribution in [1.29, 1.82) is 0 Å². The Labute approximate surface area is 164 Å². The van der Waals surface area contributed by atoms with Crippen molar-refractivity contribution in [3.05, 3.63) is 89.7 Å². The number of allylic oxidation sites excluding steroid dienone is 3. The first kappa shape index (κ1) is 16.9. The van der Waals surface area contributed by atoms with Crippen molar-refractivity contribution in [2.75, 3.05) is 0 Å². The summed E-state index contributed by atoms with van der Waals surface area (Å²) in [5, 5.41) is 0. The van der Waals surface area contributed by atoms with Crippen LogP contribution in [0.5, 0.6) is 0 Å². The van der Waals surface area contributed by atoms with Gasteiger partial charge >= 0.3 is 0 Å². The predicted octanol–water partition coefficient (Wildman–Crippen LogP) is 5.14. The van der Waals surface area contributed by atoms with Crippen LogP contribution in [0.4, 0.5) is 0 Å². The Kier molecular flexibility index (Phi) is 4.24. The summed E-state index contributed by atoms with van der Waals surface area (Å²) in [7, 11) is 0. The third-order valence-corrected chi connectivity index (χ3v) is 5.46. The molecule has 0 fully saturated rings. The molecule has 138 valence electrons. The van der Waals surface area contributed by atoms with Crippen molar-refractivity contribution in [1.82, 2.24) is 19.4 Å². The lowest BCUT2D eigenvalue weighted by molar-refractivity contribution is 0.803. The van der Waals surface area contributed by atoms with Crippen molar-refractivity contribution in [3.8, 4) is 0 Å². The van der Waals surface area contributed by atoms with Crippen LogP contribution in [-0.2, 0) is 12.8 Å². The topological polar surface area (TPSA) is 43.1 Å². The first-order valence-electron chi connectivity index (χ1n) is 9.88. The number of rotatable bonds is 4. The quantitative estimate of drug-likeness (QED) is 0.502. The number of nitrogens with zero attached hydrogens (tertiary/aromatic N) is 4. The maximum Gasteiger partial charge on any atom is 0.144 e. The van der Waals surface area contributed by atoms with E-state index in [1.807, 2.05) is 18.2 Å². The van der Waals surface area contributed by atoms with Gasteiger partial charge in [0.2, 0.25) is 0 Å². The fourth-order valence-corrected chi connectivity index (χ4v) is 3.96. The Morgan fingerprint density at radius 1 is 0.964 bits per heavy atom. The predicted molar refractivity (Wildman–Crippen MR) is 113 cm³/mol. The SMILES string of the molecule is CCC1C=CC=Cc2c1ccn1cc(CCc3ccc4ncccc4n3)nc21. The molecule has 0 saturated carbocycles. The summed E-state index contributed by atoms with van der Waals surface area (Å²) >= 11 is 0. The van der Waals surface area contributed by atoms with E-state index in [0.29, 0.717) is 5.92 Å². The van der Waals surface area contributed by atoms with Crippen LogP contribution in [0, 0.1) is 0 Å². The van der Waals surface area contributed by atoms with E-state index in [1.54, 1.807) is 6.20 Å². The summed E-state index contributed by atoms with van der Waals surface area (Å²) in [5.41, 5.74) is 7.70. The molecular formula is C24H22N4. The molecule has 0 spiro atoms. The van der Waals surface area contributed by atoms with Crippen LogP contribution < -0.4 is 0 Å². The van der Waals surface area contributed by atoms with E-state index in [4.69, 9.17) is 9.97 Å². The van der Waals surface area contributed by atoms with Gasteiger partial charge in [-0.1, -0.05) is 31.2 Å². The number of hydrogen-bond donors (Lipinski definition) is 0. The summed E-state index contributed by atoms with van der Waals surface area (Å²) in [6.07, 6.45) is 17.7. The molecule has 4 heteroatoms. The van der Waals surface area contributed by atoms with Crippen LogP contribution in [0.15, 0.2) is 67.2 Å². The molecule has 0 aromatic carbocycles. The van der Waals surface area contributed by atoms with E-state index in [0.717, 1.165) is 47.3 Å². The third-order valence-electron chi connectivity index (χ3n) is 5.46. The highest BCUT2D eigenvalue weighted by molar-refractivity contribution is 5.73. The first-order chi connectivity index (χ1) is 13.8. The molecule has 0 radical (unpaired) electrons. The number of imidazole rings is 1. The highest BCUT2D eigenvalue weighted by Gasteiger charge is 2.16. The Hall–Kier alpha value is -3.27. The molecule has 4 aromatic heterocycles. The molecular weight excluding hydrogens is 344 g/mol. The van der Waals surface area contributed by atoms with Crippen molar-refractivity contribution in [2.24, 2.45) is 0 Å². The molecule has 0 aliphatic heterocycles. The summed E-state index contributed by atoms with van der Waals surface area (Å²) in [6.45, 7) is 2.23. The molecule has 1 aliphatic rings. The normalized spacial score (nSPS) is 15.8. The van der Waals surface area contributed by atoms with Gasteiger partial charge in [-0.3, -0.25) is 9.97 Å². The fourth-order valence-electron chi connectivity index (χ4n) is 3.96. The fraction of sp³-hybridized carbons (Fsp3) is 0.208. The number of hydrogen-bond acceptors (Lipinski definition) is 3. The second-order valence-electron chi connectivity index (χ2n) is 7.25. The standard InChI is InChI=1S/C24H22N4/c1-2-17-6-3-4-7-21-20(17)13-15-28-16-19(27-24(21)28)10-9-18-11-12-22-23(26-18)8-5-14-25-22/h3-8,11-17H,2,9-10H2,1H3. The zero-order chi connectivity index (χ0) is 18.9. The second-order valence-corrected chi connectivity index (χ2v) is 7.25. The summed E-state index contributed by atoms with van der Waals surface area (Å²) < 4.78 is 2.15. The minimum absolute atomic E-state index is 0.450. The molecule has 0 N–H and O–H groups in total. The van der Waals surface area contributed by atoms with E-state index >= 15 is 0 Å². The Morgan fingerprint density at radius 2 is 1.89 bits per heavy atom. The van der Waals surface area contributed by atoms with Crippen molar-refractivity contribution in [2.45, 2.75) is 32.1 Å². The van der Waals surface area contributed by atoms with Gasteiger partial charge in [0, 0.05) is 35.8 Å². The smallest absolute Gasteiger partial charge is 0.144 e. The van der Waals surface area contributed by atoms with Gasteiger partial charge in [0.15, 0.2) is 0 Å². The summed E-state index contributed by atoms with van der Waals surface area (Å²) in [5.74, 6) is 0.450. The van der Waals surface area contributed by atoms with Gasteiger partial charge in [-0.15, -0.1) is 0 Å². The lowest BCUT2D eigenvalue weighted by atomic mass is 9.94. The lowest BCUT2D eigenvalue weighted by Gasteiger charge is -2.13. The van der Waals surface area contributed by atoms with Crippen molar-refractivity contribution >= 4 is 22.8 Å². The van der Waals surface area contributed by atoms with E-state index in [-0.39, 0.29) is 0 Å². The monoisotopic (exact) mass is 366 g/mol. The van der Waals surface area contributed by atoms with Crippen LogP contribution in [0.1, 0.15) is 41.8 Å². The van der Waals surface area contributed by atoms with Crippen LogP contribution in [0.2, 0.25) is 0 Å². The molecule has 4 aromatic rings. The van der Waals surface area contributed by atoms with Gasteiger partial charge in [0.25, 0.3) is 0 Å². The number of pyridine rings is 3. The zero-order valence-corrected chi connectivity index (χ0v) is 15.9. The van der Waals surface area contributed by atoms with E-state index in [1.165, 1.54) is 11.1 Å².